The molecule has 2 amide bonds. The first-order valence-electron chi connectivity index (χ1n) is 14.2. The van der Waals surface area contributed by atoms with Crippen LogP contribution in [-0.2, 0) is 29.4 Å². The van der Waals surface area contributed by atoms with E-state index >= 15 is 0 Å². The topological polar surface area (TPSA) is 107 Å². The predicted molar refractivity (Wildman–Crippen MR) is 149 cm³/mol. The first-order valence-corrected chi connectivity index (χ1v) is 15.1. The highest BCUT2D eigenvalue weighted by atomic mass is 32.1. The minimum absolute atomic E-state index is 0.0356. The van der Waals surface area contributed by atoms with Gasteiger partial charge in [0, 0.05) is 29.9 Å². The number of thiophene rings is 1. The average molecular weight is 601 g/mol. The normalized spacial score (nSPS) is 19.1. The van der Waals surface area contributed by atoms with Crippen LogP contribution in [0.3, 0.4) is 0 Å². The number of aliphatic hydroxyl groups excluding tert-OH is 1. The minimum atomic E-state index is -4.61. The Hall–Kier alpha value is -3.51. The van der Waals surface area contributed by atoms with E-state index in [1.165, 1.54) is 22.3 Å². The Morgan fingerprint density at radius 2 is 1.79 bits per heavy atom. The lowest BCUT2D eigenvalue weighted by Gasteiger charge is -2.26. The maximum atomic E-state index is 13.3. The van der Waals surface area contributed by atoms with E-state index in [1.807, 2.05) is 16.3 Å². The average Bonchev–Trinajstić information content (AvgIpc) is 3.70. The smallest absolute Gasteiger partial charge is 0.378 e. The number of H-pyrrole nitrogens is 1. The van der Waals surface area contributed by atoms with Gasteiger partial charge < -0.3 is 19.9 Å². The molecule has 2 aromatic heterocycles. The summed E-state index contributed by atoms with van der Waals surface area (Å²) in [6, 6.07) is 5.99. The second-order valence-corrected chi connectivity index (χ2v) is 12.3. The maximum absolute atomic E-state index is 13.3. The molecule has 1 atom stereocenters. The molecule has 6 rings (SSSR count). The Morgan fingerprint density at radius 1 is 1.05 bits per heavy atom. The first kappa shape index (κ1) is 28.6. The van der Waals surface area contributed by atoms with Crippen LogP contribution in [0.4, 0.5) is 13.2 Å². The van der Waals surface area contributed by atoms with E-state index in [4.69, 9.17) is 4.98 Å². The van der Waals surface area contributed by atoms with Gasteiger partial charge in [-0.2, -0.15) is 13.2 Å². The summed E-state index contributed by atoms with van der Waals surface area (Å²) in [5.41, 5.74) is -0.408. The third kappa shape index (κ3) is 5.37. The molecule has 1 saturated carbocycles. The third-order valence-electron chi connectivity index (χ3n) is 8.53. The van der Waals surface area contributed by atoms with Crippen molar-refractivity contribution in [3.8, 4) is 0 Å². The number of hydrogen-bond donors (Lipinski definition) is 2. The second kappa shape index (κ2) is 11.0. The van der Waals surface area contributed by atoms with Gasteiger partial charge in [-0.05, 0) is 68.7 Å². The molecule has 8 nitrogen and oxygen atoms in total. The summed E-state index contributed by atoms with van der Waals surface area (Å²) in [7, 11) is 0. The number of alkyl halides is 3. The van der Waals surface area contributed by atoms with E-state index < -0.39 is 29.2 Å². The molecule has 3 aliphatic rings. The third-order valence-corrected chi connectivity index (χ3v) is 9.67. The molecule has 222 valence electrons. The molecule has 2 aliphatic heterocycles. The van der Waals surface area contributed by atoms with Gasteiger partial charge in [-0.15, -0.1) is 11.3 Å². The van der Waals surface area contributed by atoms with Gasteiger partial charge in [0.15, 0.2) is 6.10 Å². The zero-order valence-electron chi connectivity index (χ0n) is 22.9. The van der Waals surface area contributed by atoms with E-state index in [0.717, 1.165) is 68.3 Å². The molecule has 1 saturated heterocycles. The van der Waals surface area contributed by atoms with E-state index in [-0.39, 0.29) is 30.1 Å². The van der Waals surface area contributed by atoms with E-state index in [0.29, 0.717) is 35.5 Å². The number of halogens is 3. The van der Waals surface area contributed by atoms with Crippen LogP contribution in [0, 0.1) is 0 Å². The number of aryl methyl sites for hydroxylation is 1. The molecule has 0 radical (unpaired) electrons. The molecule has 3 aromatic rings. The highest BCUT2D eigenvalue weighted by Crippen LogP contribution is 2.54. The number of aromatic nitrogens is 2. The summed E-state index contributed by atoms with van der Waals surface area (Å²) >= 11 is 1.50. The fraction of sp³-hybridized carbons (Fsp3) is 0.467. The molecule has 0 spiro atoms. The summed E-state index contributed by atoms with van der Waals surface area (Å²) in [5.74, 6) is -0.184. The number of benzene rings is 1. The molecule has 0 bridgehead atoms. The number of hydrogen-bond acceptors (Lipinski definition) is 6. The van der Waals surface area contributed by atoms with Crippen molar-refractivity contribution in [1.82, 2.24) is 19.8 Å². The van der Waals surface area contributed by atoms with Crippen LogP contribution in [0.15, 0.2) is 40.5 Å². The Labute approximate surface area is 244 Å². The van der Waals surface area contributed by atoms with Gasteiger partial charge in [-0.25, -0.2) is 4.98 Å². The number of nitrogens with one attached hydrogen (secondary N) is 1. The summed E-state index contributed by atoms with van der Waals surface area (Å²) < 4.78 is 39.5. The van der Waals surface area contributed by atoms with Gasteiger partial charge in [0.05, 0.1) is 34.3 Å². The van der Waals surface area contributed by atoms with Gasteiger partial charge >= 0.3 is 6.18 Å². The summed E-state index contributed by atoms with van der Waals surface area (Å²) in [6.07, 6.45) is -0.735. The quantitative estimate of drug-likeness (QED) is 0.447. The monoisotopic (exact) mass is 600 g/mol. The van der Waals surface area contributed by atoms with Crippen LogP contribution in [0.25, 0.3) is 0 Å². The van der Waals surface area contributed by atoms with Gasteiger partial charge in [-0.3, -0.25) is 14.4 Å². The van der Waals surface area contributed by atoms with Gasteiger partial charge in [0.25, 0.3) is 17.4 Å². The predicted octanol–water partition coefficient (Wildman–Crippen LogP) is 4.56. The lowest BCUT2D eigenvalue weighted by Crippen LogP contribution is -2.36. The number of aliphatic hydroxyl groups is 1. The molecular weight excluding hydrogens is 569 g/mol. The van der Waals surface area contributed by atoms with Crippen LogP contribution in [0.2, 0.25) is 0 Å². The van der Waals surface area contributed by atoms with Crippen LogP contribution in [-0.4, -0.2) is 56.3 Å². The minimum Gasteiger partial charge on any atom is -0.378 e. The highest BCUT2D eigenvalue weighted by molar-refractivity contribution is 7.10. The molecule has 2 fully saturated rings. The Bertz CT molecular complexity index is 1570. The SMILES string of the molecule is O=C(c1csc(C2(c3nc4c(c(=O)[nH]3)CN(C(=O)[C@H](O)c3cccc(C(F)(F)F)c3)CCC4)CC2)c1)N1CCCCC1. The Balaban J connectivity index is 1.22. The molecule has 2 N–H and O–H groups in total. The highest BCUT2D eigenvalue weighted by Gasteiger charge is 2.50. The van der Waals surface area contributed by atoms with Crippen molar-refractivity contribution < 1.29 is 27.9 Å². The van der Waals surface area contributed by atoms with Crippen molar-refractivity contribution in [3.63, 3.8) is 0 Å². The first-order chi connectivity index (χ1) is 20.1. The molecule has 1 aromatic carbocycles. The number of piperidine rings is 1. The fourth-order valence-electron chi connectivity index (χ4n) is 5.94. The fourth-order valence-corrected chi connectivity index (χ4v) is 7.08. The standard InChI is InChI=1S/C30H31F3N4O4S/c31-30(32,33)20-7-4-6-18(14-20)24(38)27(41)37-13-5-8-22-21(16-37)25(39)35-28(34-22)29(9-10-29)23-15-19(17-42-23)26(40)36-11-2-1-3-12-36/h4,6-7,14-15,17,24,38H,1-3,5,8-13,16H2,(H,34,35,39)/t24-/m1/s1. The van der Waals surface area contributed by atoms with E-state index in [9.17, 15) is 32.7 Å². The van der Waals surface area contributed by atoms with Gasteiger partial charge in [-0.1, -0.05) is 12.1 Å². The number of carbonyl (C=O) groups is 2. The number of nitrogens with zero attached hydrogens (tertiary/aromatic N) is 3. The van der Waals surface area contributed by atoms with Crippen molar-refractivity contribution >= 4 is 23.2 Å². The van der Waals surface area contributed by atoms with E-state index in [2.05, 4.69) is 4.98 Å². The van der Waals surface area contributed by atoms with Crippen LogP contribution in [0.1, 0.15) is 88.1 Å². The van der Waals surface area contributed by atoms with Crippen molar-refractivity contribution in [2.45, 2.75) is 69.2 Å². The van der Waals surface area contributed by atoms with Crippen molar-refractivity contribution in [3.05, 3.63) is 84.7 Å². The zero-order chi connectivity index (χ0) is 29.6. The second-order valence-electron chi connectivity index (χ2n) is 11.4. The Kier molecular flexibility index (Phi) is 7.46. The number of likely N-dealkylation sites (tertiary alicyclic amines) is 1. The van der Waals surface area contributed by atoms with Crippen molar-refractivity contribution in [1.29, 1.82) is 0 Å². The largest absolute Gasteiger partial charge is 0.416 e. The Morgan fingerprint density at radius 3 is 2.50 bits per heavy atom. The molecule has 0 unspecified atom stereocenters. The maximum Gasteiger partial charge on any atom is 0.416 e. The number of carbonyl (C=O) groups excluding carboxylic acids is 2. The lowest BCUT2D eigenvalue weighted by atomic mass is 10.0. The lowest BCUT2D eigenvalue weighted by molar-refractivity contribution is -0.142. The number of aromatic amines is 1. The summed E-state index contributed by atoms with van der Waals surface area (Å²) in [5, 5.41) is 12.5. The van der Waals surface area contributed by atoms with Crippen molar-refractivity contribution in [2.24, 2.45) is 0 Å². The van der Waals surface area contributed by atoms with Gasteiger partial charge in [0.1, 0.15) is 5.82 Å². The van der Waals surface area contributed by atoms with Crippen LogP contribution < -0.4 is 5.56 Å². The molecule has 12 heteroatoms. The number of amides is 2. The van der Waals surface area contributed by atoms with Crippen LogP contribution >= 0.6 is 11.3 Å². The molecular formula is C30H31F3N4O4S. The number of fused-ring (bicyclic) bond motifs is 1. The summed E-state index contributed by atoms with van der Waals surface area (Å²) in [4.78, 5) is 51.5. The van der Waals surface area contributed by atoms with Crippen LogP contribution in [0.5, 0.6) is 0 Å². The molecule has 42 heavy (non-hydrogen) atoms. The number of rotatable bonds is 5. The molecule has 4 heterocycles. The molecule has 1 aliphatic carbocycles. The zero-order valence-corrected chi connectivity index (χ0v) is 23.7. The van der Waals surface area contributed by atoms with Crippen molar-refractivity contribution in [2.75, 3.05) is 19.6 Å². The summed E-state index contributed by atoms with van der Waals surface area (Å²) in [6.45, 7) is 1.65. The van der Waals surface area contributed by atoms with Gasteiger partial charge in [0.2, 0.25) is 0 Å². The van der Waals surface area contributed by atoms with E-state index in [1.54, 1.807) is 0 Å².